The molecule has 16 heavy (non-hydrogen) atoms. The van der Waals surface area contributed by atoms with Gasteiger partial charge in [0.05, 0.1) is 5.56 Å². The number of carbonyl (C=O) groups is 1. The second-order valence-electron chi connectivity index (χ2n) is 3.23. The Morgan fingerprint density at radius 1 is 1.25 bits per heavy atom. The molecule has 2 rings (SSSR count). The molecule has 1 aromatic carbocycles. The van der Waals surface area contributed by atoms with Gasteiger partial charge in [-0.25, -0.2) is 14.8 Å². The number of aromatic nitrogens is 2. The number of rotatable bonds is 2. The minimum Gasteiger partial charge on any atom is -0.478 e. The Balaban J connectivity index is 2.48. The van der Waals surface area contributed by atoms with Crippen molar-refractivity contribution in [1.82, 2.24) is 9.97 Å². The van der Waals surface area contributed by atoms with Crippen LogP contribution in [0.2, 0.25) is 0 Å². The van der Waals surface area contributed by atoms with Crippen LogP contribution in [0.1, 0.15) is 10.4 Å². The predicted octanol–water partition coefficient (Wildman–Crippen LogP) is 1.42. The monoisotopic (exact) mass is 215 g/mol. The average Bonchev–Trinajstić information content (AvgIpc) is 2.30. The predicted molar refractivity (Wildman–Crippen MR) is 58.8 cm³/mol. The summed E-state index contributed by atoms with van der Waals surface area (Å²) in [6.45, 7) is 0. The van der Waals surface area contributed by atoms with Crippen molar-refractivity contribution >= 4 is 11.7 Å². The van der Waals surface area contributed by atoms with Crippen LogP contribution in [0.3, 0.4) is 0 Å². The fourth-order valence-electron chi connectivity index (χ4n) is 1.40. The van der Waals surface area contributed by atoms with Gasteiger partial charge in [-0.3, -0.25) is 0 Å². The summed E-state index contributed by atoms with van der Waals surface area (Å²) in [5.74, 6) is -0.998. The lowest BCUT2D eigenvalue weighted by molar-refractivity contribution is 0.0697. The van der Waals surface area contributed by atoms with Crippen LogP contribution in [0.25, 0.3) is 11.1 Å². The quantitative estimate of drug-likeness (QED) is 0.739. The maximum absolute atomic E-state index is 10.7. The molecule has 2 aromatic rings. The zero-order valence-corrected chi connectivity index (χ0v) is 8.29. The normalized spacial score (nSPS) is 10.0. The maximum Gasteiger partial charge on any atom is 0.335 e. The SMILES string of the molecule is Nc1cc(C(=O)O)ccc1-c1cncnc1. The van der Waals surface area contributed by atoms with Crippen molar-refractivity contribution in [3.05, 3.63) is 42.5 Å². The van der Waals surface area contributed by atoms with Gasteiger partial charge < -0.3 is 10.8 Å². The molecule has 0 radical (unpaired) electrons. The highest BCUT2D eigenvalue weighted by Crippen LogP contribution is 2.25. The van der Waals surface area contributed by atoms with Gasteiger partial charge in [0.1, 0.15) is 6.33 Å². The number of nitrogens with two attached hydrogens (primary N) is 1. The number of hydrogen-bond acceptors (Lipinski definition) is 4. The summed E-state index contributed by atoms with van der Waals surface area (Å²) in [5, 5.41) is 8.79. The van der Waals surface area contributed by atoms with Gasteiger partial charge in [0.25, 0.3) is 0 Å². The minimum absolute atomic E-state index is 0.165. The van der Waals surface area contributed by atoms with E-state index in [1.54, 1.807) is 18.5 Å². The van der Waals surface area contributed by atoms with Gasteiger partial charge in [-0.15, -0.1) is 0 Å². The Morgan fingerprint density at radius 3 is 2.50 bits per heavy atom. The van der Waals surface area contributed by atoms with E-state index in [-0.39, 0.29) is 5.56 Å². The maximum atomic E-state index is 10.7. The molecule has 1 heterocycles. The second kappa shape index (κ2) is 3.98. The highest BCUT2D eigenvalue weighted by atomic mass is 16.4. The standard InChI is InChI=1S/C11H9N3O2/c12-10-3-7(11(15)16)1-2-9(10)8-4-13-6-14-5-8/h1-6H,12H2,(H,15,16). The van der Waals surface area contributed by atoms with Gasteiger partial charge in [-0.05, 0) is 12.1 Å². The van der Waals surface area contributed by atoms with E-state index in [4.69, 9.17) is 10.8 Å². The molecule has 3 N–H and O–H groups in total. The van der Waals surface area contributed by atoms with Crippen molar-refractivity contribution in [3.63, 3.8) is 0 Å². The average molecular weight is 215 g/mol. The summed E-state index contributed by atoms with van der Waals surface area (Å²) in [6, 6.07) is 4.57. The second-order valence-corrected chi connectivity index (χ2v) is 3.23. The molecule has 0 amide bonds. The Kier molecular flexibility index (Phi) is 2.51. The molecule has 0 spiro atoms. The lowest BCUT2D eigenvalue weighted by Gasteiger charge is -2.05. The summed E-state index contributed by atoms with van der Waals surface area (Å²) >= 11 is 0. The molecule has 5 nitrogen and oxygen atoms in total. The molecule has 0 atom stereocenters. The first kappa shape index (κ1) is 10.1. The summed E-state index contributed by atoms with van der Waals surface area (Å²) in [5.41, 5.74) is 7.82. The third kappa shape index (κ3) is 1.83. The largest absolute Gasteiger partial charge is 0.478 e. The van der Waals surface area contributed by atoms with Crippen molar-refractivity contribution in [2.24, 2.45) is 0 Å². The summed E-state index contributed by atoms with van der Waals surface area (Å²) < 4.78 is 0. The molecule has 0 bridgehead atoms. The number of hydrogen-bond donors (Lipinski definition) is 2. The van der Waals surface area contributed by atoms with Crippen LogP contribution in [0.4, 0.5) is 5.69 Å². The molecule has 5 heteroatoms. The van der Waals surface area contributed by atoms with Crippen LogP contribution < -0.4 is 5.73 Å². The van der Waals surface area contributed by atoms with Crippen molar-refractivity contribution in [2.75, 3.05) is 5.73 Å². The number of nitrogens with zero attached hydrogens (tertiary/aromatic N) is 2. The first-order chi connectivity index (χ1) is 7.68. The zero-order valence-electron chi connectivity index (χ0n) is 8.29. The number of anilines is 1. The minimum atomic E-state index is -0.998. The van der Waals surface area contributed by atoms with Gasteiger partial charge in [-0.1, -0.05) is 6.07 Å². The summed E-state index contributed by atoms with van der Waals surface area (Å²) in [4.78, 5) is 18.5. The van der Waals surface area contributed by atoms with Gasteiger partial charge >= 0.3 is 5.97 Å². The first-order valence-corrected chi connectivity index (χ1v) is 4.56. The molecule has 0 aliphatic heterocycles. The Labute approximate surface area is 91.6 Å². The van der Waals surface area contributed by atoms with E-state index in [1.165, 1.54) is 18.5 Å². The Hall–Kier alpha value is -2.43. The van der Waals surface area contributed by atoms with Crippen molar-refractivity contribution in [2.45, 2.75) is 0 Å². The van der Waals surface area contributed by atoms with E-state index in [0.29, 0.717) is 5.69 Å². The Morgan fingerprint density at radius 2 is 1.94 bits per heavy atom. The Bertz CT molecular complexity index is 526. The van der Waals surface area contributed by atoms with Gasteiger partial charge in [0.2, 0.25) is 0 Å². The molecule has 0 saturated carbocycles. The van der Waals surface area contributed by atoms with Crippen LogP contribution in [-0.2, 0) is 0 Å². The molecule has 0 unspecified atom stereocenters. The number of benzene rings is 1. The van der Waals surface area contributed by atoms with Crippen molar-refractivity contribution in [3.8, 4) is 11.1 Å². The molecule has 0 fully saturated rings. The number of aromatic carboxylic acids is 1. The van der Waals surface area contributed by atoms with Crippen LogP contribution in [0.15, 0.2) is 36.9 Å². The lowest BCUT2D eigenvalue weighted by atomic mass is 10.0. The van der Waals surface area contributed by atoms with Crippen LogP contribution in [-0.4, -0.2) is 21.0 Å². The van der Waals surface area contributed by atoms with Crippen LogP contribution in [0, 0.1) is 0 Å². The molecule has 0 aliphatic rings. The van der Waals surface area contributed by atoms with Gasteiger partial charge in [-0.2, -0.15) is 0 Å². The fraction of sp³-hybridized carbons (Fsp3) is 0. The number of carboxylic acid groups (broad SMARTS) is 1. The molecule has 0 aliphatic carbocycles. The lowest BCUT2D eigenvalue weighted by Crippen LogP contribution is -1.99. The highest BCUT2D eigenvalue weighted by Gasteiger charge is 2.07. The number of nitrogen functional groups attached to an aromatic ring is 1. The van der Waals surface area contributed by atoms with E-state index >= 15 is 0 Å². The van der Waals surface area contributed by atoms with Crippen molar-refractivity contribution in [1.29, 1.82) is 0 Å². The summed E-state index contributed by atoms with van der Waals surface area (Å²) in [7, 11) is 0. The molecule has 0 saturated heterocycles. The van der Waals surface area contributed by atoms with Crippen LogP contribution >= 0.6 is 0 Å². The molecular weight excluding hydrogens is 206 g/mol. The smallest absolute Gasteiger partial charge is 0.335 e. The first-order valence-electron chi connectivity index (χ1n) is 4.56. The van der Waals surface area contributed by atoms with Crippen LogP contribution in [0.5, 0.6) is 0 Å². The van der Waals surface area contributed by atoms with E-state index in [2.05, 4.69) is 9.97 Å². The van der Waals surface area contributed by atoms with E-state index in [0.717, 1.165) is 11.1 Å². The molecule has 1 aromatic heterocycles. The number of carboxylic acids is 1. The van der Waals surface area contributed by atoms with Crippen molar-refractivity contribution < 1.29 is 9.90 Å². The zero-order chi connectivity index (χ0) is 11.5. The van der Waals surface area contributed by atoms with Gasteiger partial charge in [0, 0.05) is 29.2 Å². The molecular formula is C11H9N3O2. The highest BCUT2D eigenvalue weighted by molar-refractivity contribution is 5.91. The van der Waals surface area contributed by atoms with E-state index in [1.807, 2.05) is 0 Å². The third-order valence-corrected chi connectivity index (χ3v) is 2.17. The fourth-order valence-corrected chi connectivity index (χ4v) is 1.40. The van der Waals surface area contributed by atoms with Gasteiger partial charge in [0.15, 0.2) is 0 Å². The molecule has 80 valence electrons. The van der Waals surface area contributed by atoms with E-state index in [9.17, 15) is 4.79 Å². The van der Waals surface area contributed by atoms with E-state index < -0.39 is 5.97 Å². The third-order valence-electron chi connectivity index (χ3n) is 2.17. The topological polar surface area (TPSA) is 89.1 Å². The summed E-state index contributed by atoms with van der Waals surface area (Å²) in [6.07, 6.45) is 4.67.